The number of rotatable bonds is 4. The SMILES string of the molecule is COC1C(N(SCl)C(=O)c2ccccc2)C[C@H]2O[C@]1(C)n1c3ccccc3c3c4c(c5c6ccccc6n2c5c31)C(=O)NC4. The first-order valence-electron chi connectivity index (χ1n) is 14.6. The molecule has 4 atom stereocenters. The highest BCUT2D eigenvalue weighted by molar-refractivity contribution is 8.19. The molecule has 5 heterocycles. The van der Waals surface area contributed by atoms with Crippen LogP contribution in [0.3, 0.4) is 0 Å². The summed E-state index contributed by atoms with van der Waals surface area (Å²) in [5.41, 5.74) is 5.11. The van der Waals surface area contributed by atoms with Gasteiger partial charge >= 0.3 is 0 Å². The van der Waals surface area contributed by atoms with E-state index < -0.39 is 24.1 Å². The molecule has 0 spiro atoms. The van der Waals surface area contributed by atoms with E-state index >= 15 is 0 Å². The second kappa shape index (κ2) is 9.25. The summed E-state index contributed by atoms with van der Waals surface area (Å²) in [5, 5.41) is 7.12. The van der Waals surface area contributed by atoms with Crippen LogP contribution in [0.4, 0.5) is 0 Å². The Balaban J connectivity index is 1.42. The van der Waals surface area contributed by atoms with Gasteiger partial charge in [0.15, 0.2) is 5.72 Å². The summed E-state index contributed by atoms with van der Waals surface area (Å²) in [6.07, 6.45) is -0.651. The number of ether oxygens (including phenoxy) is 2. The number of nitrogens with one attached hydrogen (secondary N) is 1. The summed E-state index contributed by atoms with van der Waals surface area (Å²) in [7, 11) is 8.23. The maximum atomic E-state index is 14.0. The van der Waals surface area contributed by atoms with Crippen molar-refractivity contribution in [3.63, 3.8) is 0 Å². The molecule has 3 aliphatic heterocycles. The predicted molar refractivity (Wildman–Crippen MR) is 173 cm³/mol. The molecule has 2 bridgehead atoms. The van der Waals surface area contributed by atoms with Crippen LogP contribution in [0.1, 0.15) is 45.9 Å². The van der Waals surface area contributed by atoms with Crippen molar-refractivity contribution in [3.8, 4) is 0 Å². The Morgan fingerprint density at radius 2 is 1.68 bits per heavy atom. The highest BCUT2D eigenvalue weighted by atomic mass is 35.7. The van der Waals surface area contributed by atoms with Gasteiger partial charge in [0.2, 0.25) is 0 Å². The third-order valence-electron chi connectivity index (χ3n) is 9.79. The van der Waals surface area contributed by atoms with Crippen LogP contribution in [-0.2, 0) is 21.7 Å². The second-order valence-corrected chi connectivity index (χ2v) is 12.8. The lowest BCUT2D eigenvalue weighted by atomic mass is 9.92. The largest absolute Gasteiger partial charge is 0.374 e. The Bertz CT molecular complexity index is 2210. The molecule has 0 radical (unpaired) electrons. The maximum absolute atomic E-state index is 14.0. The minimum atomic E-state index is -1.05. The Morgan fingerprint density at radius 3 is 2.41 bits per heavy atom. The summed E-state index contributed by atoms with van der Waals surface area (Å²) in [5.74, 6) is -0.259. The smallest absolute Gasteiger partial charge is 0.264 e. The van der Waals surface area contributed by atoms with Crippen LogP contribution in [0.5, 0.6) is 0 Å². The van der Waals surface area contributed by atoms with Gasteiger partial charge in [-0.25, -0.2) is 0 Å². The zero-order valence-corrected chi connectivity index (χ0v) is 25.5. The topological polar surface area (TPSA) is 77.7 Å². The molecular weight excluding hydrogens is 596 g/mol. The Kier molecular flexibility index (Phi) is 5.55. The molecule has 9 rings (SSSR count). The quantitative estimate of drug-likeness (QED) is 0.213. The monoisotopic (exact) mass is 622 g/mol. The van der Waals surface area contributed by atoms with Gasteiger partial charge in [-0.15, -0.1) is 0 Å². The van der Waals surface area contributed by atoms with E-state index in [-0.39, 0.29) is 11.8 Å². The fraction of sp³-hybridized carbons (Fsp3) is 0.235. The Labute approximate surface area is 261 Å². The van der Waals surface area contributed by atoms with E-state index in [0.717, 1.165) is 65.9 Å². The predicted octanol–water partition coefficient (Wildman–Crippen LogP) is 7.08. The van der Waals surface area contributed by atoms with Gasteiger partial charge < -0.3 is 23.9 Å². The normalized spacial score (nSPS) is 23.9. The molecule has 6 aromatic rings. The van der Waals surface area contributed by atoms with Gasteiger partial charge in [-0.2, -0.15) is 0 Å². The highest BCUT2D eigenvalue weighted by Crippen LogP contribution is 2.54. The highest BCUT2D eigenvalue weighted by Gasteiger charge is 2.55. The number of nitrogens with zero attached hydrogens (tertiary/aromatic N) is 3. The number of aromatic nitrogens is 2. The number of benzene rings is 4. The molecule has 1 fully saturated rings. The minimum absolute atomic E-state index is 0.0631. The van der Waals surface area contributed by atoms with Gasteiger partial charge in [0, 0.05) is 47.2 Å². The molecule has 1 saturated heterocycles. The van der Waals surface area contributed by atoms with Crippen LogP contribution in [0, 0.1) is 0 Å². The number of hydrogen-bond donors (Lipinski definition) is 1. The number of carbonyl (C=O) groups excluding carboxylic acids is 2. The molecule has 220 valence electrons. The third-order valence-corrected chi connectivity index (χ3v) is 10.8. The third kappa shape index (κ3) is 3.17. The molecule has 10 heteroatoms. The van der Waals surface area contributed by atoms with Crippen LogP contribution in [0.2, 0.25) is 0 Å². The molecule has 44 heavy (non-hydrogen) atoms. The Hall–Kier alpha value is -4.02. The molecule has 3 aliphatic rings. The number of carbonyl (C=O) groups is 2. The van der Waals surface area contributed by atoms with Gasteiger partial charge in [-0.3, -0.25) is 13.9 Å². The number of para-hydroxylation sites is 2. The Morgan fingerprint density at radius 1 is 1.00 bits per heavy atom. The van der Waals surface area contributed by atoms with Crippen molar-refractivity contribution in [2.24, 2.45) is 0 Å². The van der Waals surface area contributed by atoms with Crippen LogP contribution in [0.15, 0.2) is 78.9 Å². The average molecular weight is 623 g/mol. The van der Waals surface area contributed by atoms with Gasteiger partial charge in [-0.1, -0.05) is 54.6 Å². The van der Waals surface area contributed by atoms with Crippen LogP contribution in [-0.4, -0.2) is 44.5 Å². The van der Waals surface area contributed by atoms with E-state index in [1.54, 1.807) is 23.5 Å². The van der Waals surface area contributed by atoms with Crippen molar-refractivity contribution in [2.45, 2.75) is 44.0 Å². The van der Waals surface area contributed by atoms with Gasteiger partial charge in [0.05, 0.1) is 44.8 Å². The number of halogens is 1. The van der Waals surface area contributed by atoms with E-state index in [2.05, 4.69) is 38.7 Å². The molecule has 2 unspecified atom stereocenters. The first-order valence-corrected chi connectivity index (χ1v) is 16.2. The maximum Gasteiger partial charge on any atom is 0.264 e. The molecular formula is C34H27ClN4O4S. The lowest BCUT2D eigenvalue weighted by molar-refractivity contribution is -0.260. The lowest BCUT2D eigenvalue weighted by Crippen LogP contribution is -2.60. The van der Waals surface area contributed by atoms with Crippen LogP contribution in [0.25, 0.3) is 43.6 Å². The van der Waals surface area contributed by atoms with Gasteiger partial charge in [-0.05, 0) is 47.4 Å². The molecule has 4 aromatic carbocycles. The first kappa shape index (κ1) is 26.4. The molecule has 1 N–H and O–H groups in total. The minimum Gasteiger partial charge on any atom is -0.374 e. The van der Waals surface area contributed by atoms with E-state index in [9.17, 15) is 9.59 Å². The van der Waals surface area contributed by atoms with E-state index in [1.807, 2.05) is 49.4 Å². The van der Waals surface area contributed by atoms with E-state index in [4.69, 9.17) is 20.2 Å². The van der Waals surface area contributed by atoms with E-state index in [0.29, 0.717) is 18.5 Å². The number of methoxy groups -OCH3 is 1. The van der Waals surface area contributed by atoms with Crippen molar-refractivity contribution < 1.29 is 19.1 Å². The average Bonchev–Trinajstić information content (AvgIpc) is 3.69. The molecule has 2 amide bonds. The fourth-order valence-corrected chi connectivity index (χ4v) is 9.15. The zero-order chi connectivity index (χ0) is 29.9. The lowest BCUT2D eigenvalue weighted by Gasteiger charge is -2.50. The standard InChI is InChI=1S/C34H27ClN4O4S/c1-34-31(42-2)24(39(44-35)33(41)18-10-4-3-5-11-18)16-25(43-34)37-22-14-8-6-12-19(22)27-28-21(17-36-32(28)40)26-20-13-7-9-15-23(20)38(34)30(26)29(27)37/h3-15,24-25,31H,16-17H2,1-2H3,(H,36,40)/t24?,25-,31?,34+/m1/s1. The van der Waals surface area contributed by atoms with Gasteiger partial charge in [0.25, 0.3) is 11.8 Å². The van der Waals surface area contributed by atoms with Crippen molar-refractivity contribution in [1.29, 1.82) is 0 Å². The van der Waals surface area contributed by atoms with E-state index in [1.165, 1.54) is 0 Å². The molecule has 0 saturated carbocycles. The first-order chi connectivity index (χ1) is 21.5. The number of fused-ring (bicyclic) bond motifs is 13. The van der Waals surface area contributed by atoms with Gasteiger partial charge in [0.1, 0.15) is 12.3 Å². The summed E-state index contributed by atoms with van der Waals surface area (Å²) in [6, 6.07) is 25.2. The fourth-order valence-electron chi connectivity index (χ4n) is 8.19. The summed E-state index contributed by atoms with van der Waals surface area (Å²) >= 11 is 0.890. The van der Waals surface area contributed by atoms with Crippen LogP contribution < -0.4 is 5.32 Å². The molecule has 2 aromatic heterocycles. The summed E-state index contributed by atoms with van der Waals surface area (Å²) in [4.78, 5) is 27.6. The number of hydrogen-bond acceptors (Lipinski definition) is 5. The van der Waals surface area contributed by atoms with Crippen molar-refractivity contribution in [3.05, 3.63) is 95.6 Å². The van der Waals surface area contributed by atoms with Crippen molar-refractivity contribution >= 4 is 77.3 Å². The molecule has 0 aliphatic carbocycles. The summed E-state index contributed by atoms with van der Waals surface area (Å²) in [6.45, 7) is 2.50. The number of amides is 2. The van der Waals surface area contributed by atoms with Crippen LogP contribution >= 0.6 is 21.8 Å². The van der Waals surface area contributed by atoms with Crippen molar-refractivity contribution in [1.82, 2.24) is 18.8 Å². The molecule has 8 nitrogen and oxygen atoms in total. The van der Waals surface area contributed by atoms with Crippen molar-refractivity contribution in [2.75, 3.05) is 7.11 Å². The second-order valence-electron chi connectivity index (χ2n) is 11.9. The summed E-state index contributed by atoms with van der Waals surface area (Å²) < 4.78 is 19.7. The zero-order valence-electron chi connectivity index (χ0n) is 23.9.